The number of carbonyl (C=O) groups is 2. The molecule has 1 aliphatic carbocycles. The largest absolute Gasteiger partial charge is 0.481 e. The third-order valence-corrected chi connectivity index (χ3v) is 7.96. The van der Waals surface area contributed by atoms with E-state index in [-0.39, 0.29) is 12.5 Å². The number of carboxylic acids is 1. The molecule has 9 heteroatoms. The monoisotopic (exact) mass is 478 g/mol. The highest BCUT2D eigenvalue weighted by molar-refractivity contribution is 7.28. The molecular weight excluding hydrogens is 460 g/mol. The quantitative estimate of drug-likeness (QED) is 0.366. The number of aliphatic carboxylic acids is 1. The van der Waals surface area contributed by atoms with Crippen molar-refractivity contribution in [2.75, 3.05) is 5.32 Å². The Hall–Kier alpha value is -3.61. The van der Waals surface area contributed by atoms with Crippen LogP contribution in [-0.4, -0.2) is 22.2 Å². The maximum absolute atomic E-state index is 12.2. The maximum atomic E-state index is 12.2. The summed E-state index contributed by atoms with van der Waals surface area (Å²) >= 11 is 3.01. The number of ether oxygens (including phenoxy) is 1. The molecule has 0 saturated heterocycles. The van der Waals surface area contributed by atoms with Crippen LogP contribution in [0.3, 0.4) is 0 Å². The van der Waals surface area contributed by atoms with E-state index >= 15 is 0 Å². The van der Waals surface area contributed by atoms with Crippen molar-refractivity contribution < 1.29 is 23.8 Å². The molecule has 1 aromatic carbocycles. The second kappa shape index (κ2) is 8.39. The van der Waals surface area contributed by atoms with Gasteiger partial charge in [0.1, 0.15) is 12.0 Å². The lowest BCUT2D eigenvalue weighted by molar-refractivity contribution is -0.139. The van der Waals surface area contributed by atoms with Gasteiger partial charge < -0.3 is 14.3 Å². The van der Waals surface area contributed by atoms with Crippen LogP contribution in [0.1, 0.15) is 39.4 Å². The van der Waals surface area contributed by atoms with Gasteiger partial charge in [-0.05, 0) is 54.9 Å². The van der Waals surface area contributed by atoms with E-state index < -0.39 is 17.5 Å². The molecule has 33 heavy (non-hydrogen) atoms. The first kappa shape index (κ1) is 21.2. The van der Waals surface area contributed by atoms with Crippen LogP contribution in [0.25, 0.3) is 9.40 Å². The third kappa shape index (κ3) is 4.23. The van der Waals surface area contributed by atoms with Gasteiger partial charge in [0.05, 0.1) is 4.88 Å². The molecule has 0 bridgehead atoms. The molecule has 4 aromatic rings. The fourth-order valence-corrected chi connectivity index (χ4v) is 5.90. The van der Waals surface area contributed by atoms with Gasteiger partial charge in [0.15, 0.2) is 12.1 Å². The molecule has 2 N–H and O–H groups in total. The zero-order chi connectivity index (χ0) is 23.0. The van der Waals surface area contributed by atoms with Crippen LogP contribution >= 0.6 is 22.7 Å². The number of benzene rings is 1. The molecule has 5 rings (SSSR count). The van der Waals surface area contributed by atoms with Crippen molar-refractivity contribution in [3.05, 3.63) is 69.4 Å². The molecule has 0 spiro atoms. The standard InChI is InChI=1S/C24H18N2O5S2/c1-14-4-2-3-5-15(14)12-30-23(29)26-21-17(25-13-31-21)7-6-16-10-18-19(32-16)11-20(33-18)24(8-9-24)22(27)28/h2-5,10-11,13H,8-9,12H2,1H3,(H,26,29)(H,27,28). The van der Waals surface area contributed by atoms with Gasteiger partial charge in [-0.15, -0.1) is 22.7 Å². The molecule has 7 nitrogen and oxygen atoms in total. The second-order valence-electron chi connectivity index (χ2n) is 7.74. The molecule has 1 fully saturated rings. The highest BCUT2D eigenvalue weighted by Gasteiger charge is 2.53. The predicted molar refractivity (Wildman–Crippen MR) is 126 cm³/mol. The minimum absolute atomic E-state index is 0.120. The van der Waals surface area contributed by atoms with Crippen molar-refractivity contribution in [3.8, 4) is 11.8 Å². The van der Waals surface area contributed by atoms with Crippen LogP contribution in [0.2, 0.25) is 0 Å². The van der Waals surface area contributed by atoms with Gasteiger partial charge in [-0.1, -0.05) is 24.3 Å². The lowest BCUT2D eigenvalue weighted by atomic mass is 10.1. The predicted octanol–water partition coefficient (Wildman–Crippen LogP) is 5.52. The van der Waals surface area contributed by atoms with Crippen molar-refractivity contribution in [2.45, 2.75) is 31.8 Å². The summed E-state index contributed by atoms with van der Waals surface area (Å²) in [5, 5.41) is 12.0. The number of oxazole rings is 1. The third-order valence-electron chi connectivity index (χ3n) is 5.55. The number of amides is 1. The average Bonchev–Trinajstić information content (AvgIpc) is 3.11. The zero-order valence-electron chi connectivity index (χ0n) is 17.5. The number of rotatable bonds is 5. The van der Waals surface area contributed by atoms with Crippen LogP contribution in [-0.2, 0) is 21.6 Å². The molecule has 1 saturated carbocycles. The number of aryl methyl sites for hydroxylation is 1. The van der Waals surface area contributed by atoms with Crippen molar-refractivity contribution in [3.63, 3.8) is 0 Å². The Morgan fingerprint density at radius 3 is 2.73 bits per heavy atom. The number of carbonyl (C=O) groups excluding carboxylic acids is 1. The molecule has 0 atom stereocenters. The van der Waals surface area contributed by atoms with E-state index in [1.807, 2.05) is 43.3 Å². The fourth-order valence-electron chi connectivity index (χ4n) is 3.41. The number of anilines is 1. The smallest absolute Gasteiger partial charge is 0.414 e. The number of fused-ring (bicyclic) bond motifs is 1. The summed E-state index contributed by atoms with van der Waals surface area (Å²) in [4.78, 5) is 29.5. The Balaban J connectivity index is 1.26. The number of nitrogens with one attached hydrogen (secondary N) is 1. The first-order chi connectivity index (χ1) is 15.9. The van der Waals surface area contributed by atoms with Crippen LogP contribution in [0.15, 0.2) is 47.2 Å². The molecule has 0 aliphatic heterocycles. The summed E-state index contributed by atoms with van der Waals surface area (Å²) in [6.45, 7) is 2.09. The number of hydrogen-bond donors (Lipinski definition) is 2. The van der Waals surface area contributed by atoms with Crippen molar-refractivity contribution in [1.29, 1.82) is 0 Å². The maximum Gasteiger partial charge on any atom is 0.414 e. The van der Waals surface area contributed by atoms with Gasteiger partial charge in [0.25, 0.3) is 0 Å². The van der Waals surface area contributed by atoms with E-state index in [0.717, 1.165) is 30.3 Å². The Bertz CT molecular complexity index is 1400. The van der Waals surface area contributed by atoms with Gasteiger partial charge in [-0.2, -0.15) is 0 Å². The summed E-state index contributed by atoms with van der Waals surface area (Å²) in [5.41, 5.74) is 1.56. The lowest BCUT2D eigenvalue weighted by Crippen LogP contribution is -2.17. The lowest BCUT2D eigenvalue weighted by Gasteiger charge is -2.07. The average molecular weight is 479 g/mol. The number of thiophene rings is 2. The molecule has 3 aromatic heterocycles. The van der Waals surface area contributed by atoms with E-state index in [2.05, 4.69) is 22.1 Å². The molecule has 3 heterocycles. The Kier molecular flexibility index (Phi) is 5.40. The number of hydrogen-bond acceptors (Lipinski definition) is 7. The van der Waals surface area contributed by atoms with Crippen LogP contribution in [0.4, 0.5) is 10.7 Å². The minimum atomic E-state index is -0.750. The van der Waals surface area contributed by atoms with Crippen molar-refractivity contribution in [2.24, 2.45) is 0 Å². The van der Waals surface area contributed by atoms with E-state index in [9.17, 15) is 14.7 Å². The van der Waals surface area contributed by atoms with Gasteiger partial charge in [0, 0.05) is 14.3 Å². The molecular formula is C24H18N2O5S2. The second-order valence-corrected chi connectivity index (χ2v) is 9.91. The van der Waals surface area contributed by atoms with E-state index in [1.165, 1.54) is 29.1 Å². The Morgan fingerprint density at radius 2 is 2.00 bits per heavy atom. The van der Waals surface area contributed by atoms with Gasteiger partial charge in [-0.25, -0.2) is 9.78 Å². The first-order valence-electron chi connectivity index (χ1n) is 10.2. The molecule has 0 radical (unpaired) electrons. The summed E-state index contributed by atoms with van der Waals surface area (Å²) in [6, 6.07) is 11.6. The van der Waals surface area contributed by atoms with Crippen LogP contribution in [0.5, 0.6) is 0 Å². The molecule has 0 unspecified atom stereocenters. The number of aromatic nitrogens is 1. The summed E-state index contributed by atoms with van der Waals surface area (Å²) < 4.78 is 12.6. The van der Waals surface area contributed by atoms with E-state index in [4.69, 9.17) is 9.15 Å². The summed E-state index contributed by atoms with van der Waals surface area (Å²) in [6.07, 6.45) is 1.94. The van der Waals surface area contributed by atoms with Crippen LogP contribution in [0, 0.1) is 18.8 Å². The van der Waals surface area contributed by atoms with Gasteiger partial charge >= 0.3 is 12.1 Å². The summed E-state index contributed by atoms with van der Waals surface area (Å²) in [5.74, 6) is 5.33. The van der Waals surface area contributed by atoms with Crippen molar-refractivity contribution in [1.82, 2.24) is 4.98 Å². The van der Waals surface area contributed by atoms with E-state index in [0.29, 0.717) is 18.5 Å². The minimum Gasteiger partial charge on any atom is -0.481 e. The highest BCUT2D eigenvalue weighted by Crippen LogP contribution is 2.52. The fraction of sp³-hybridized carbons (Fsp3) is 0.208. The zero-order valence-corrected chi connectivity index (χ0v) is 19.1. The molecule has 1 aliphatic rings. The van der Waals surface area contributed by atoms with Gasteiger partial charge in [-0.3, -0.25) is 10.1 Å². The highest BCUT2D eigenvalue weighted by atomic mass is 32.1. The van der Waals surface area contributed by atoms with E-state index in [1.54, 1.807) is 0 Å². The SMILES string of the molecule is Cc1ccccc1COC(=O)Nc1ocnc1C#Cc1cc2sc(C3(C(=O)O)CC3)cc2s1. The normalized spacial score (nSPS) is 13.8. The molecule has 1 amide bonds. The Morgan fingerprint density at radius 1 is 1.21 bits per heavy atom. The van der Waals surface area contributed by atoms with Crippen LogP contribution < -0.4 is 5.32 Å². The topological polar surface area (TPSA) is 102 Å². The number of carboxylic acid groups (broad SMARTS) is 1. The number of nitrogens with zero attached hydrogens (tertiary/aromatic N) is 1. The Labute approximate surface area is 197 Å². The molecule has 166 valence electrons. The van der Waals surface area contributed by atoms with Gasteiger partial charge in [0.2, 0.25) is 5.88 Å². The summed E-state index contributed by atoms with van der Waals surface area (Å²) in [7, 11) is 0. The van der Waals surface area contributed by atoms with Crippen molar-refractivity contribution >= 4 is 50.0 Å². The first-order valence-corrected chi connectivity index (χ1v) is 11.8.